The average Bonchev–Trinajstić information content (AvgIpc) is 2.85. The maximum atomic E-state index is 11.8. The van der Waals surface area contributed by atoms with E-state index in [2.05, 4.69) is 10.5 Å². The fourth-order valence-corrected chi connectivity index (χ4v) is 3.02. The molecule has 1 amide bonds. The predicted octanol–water partition coefficient (Wildman–Crippen LogP) is 3.01. The third-order valence-electron chi connectivity index (χ3n) is 3.31. The molecule has 1 N–H and O–H groups in total. The third-order valence-corrected chi connectivity index (χ3v) is 4.25. The van der Waals surface area contributed by atoms with E-state index < -0.39 is 5.97 Å². The Morgan fingerprint density at radius 1 is 1.29 bits per heavy atom. The van der Waals surface area contributed by atoms with Gasteiger partial charge in [-0.25, -0.2) is 0 Å². The van der Waals surface area contributed by atoms with Crippen molar-refractivity contribution in [2.75, 3.05) is 17.7 Å². The highest BCUT2D eigenvalue weighted by Gasteiger charge is 2.12. The number of carbonyl (C=O) groups is 2. The van der Waals surface area contributed by atoms with Crippen molar-refractivity contribution in [1.29, 1.82) is 0 Å². The van der Waals surface area contributed by atoms with E-state index in [1.54, 1.807) is 6.07 Å². The second-order valence-electron chi connectivity index (χ2n) is 5.37. The van der Waals surface area contributed by atoms with Crippen LogP contribution in [0.4, 0.5) is 5.69 Å². The van der Waals surface area contributed by atoms with Gasteiger partial charge in [-0.3, -0.25) is 9.59 Å². The minimum Gasteiger partial charge on any atom is -0.455 e. The summed E-state index contributed by atoms with van der Waals surface area (Å²) in [6.45, 7) is 5.34. The van der Waals surface area contributed by atoms with Crippen LogP contribution in [0.5, 0.6) is 0 Å². The monoisotopic (exact) mass is 348 g/mol. The fraction of sp³-hybridized carbons (Fsp3) is 0.353. The van der Waals surface area contributed by atoms with Crippen molar-refractivity contribution in [3.05, 3.63) is 46.8 Å². The summed E-state index contributed by atoms with van der Waals surface area (Å²) in [6, 6.07) is 7.42. The van der Waals surface area contributed by atoms with Gasteiger partial charge >= 0.3 is 5.97 Å². The number of rotatable bonds is 7. The Bertz CT molecular complexity index is 708. The number of hydrogen-bond acceptors (Lipinski definition) is 6. The van der Waals surface area contributed by atoms with Crippen molar-refractivity contribution in [3.8, 4) is 0 Å². The van der Waals surface area contributed by atoms with Crippen LogP contribution in [0, 0.1) is 20.8 Å². The van der Waals surface area contributed by atoms with Crippen LogP contribution < -0.4 is 5.32 Å². The van der Waals surface area contributed by atoms with Gasteiger partial charge in [-0.15, -0.1) is 11.8 Å². The Morgan fingerprint density at radius 3 is 2.75 bits per heavy atom. The average molecular weight is 348 g/mol. The summed E-state index contributed by atoms with van der Waals surface area (Å²) in [5, 5.41) is 6.55. The van der Waals surface area contributed by atoms with Crippen LogP contribution in [-0.2, 0) is 20.1 Å². The number of anilines is 1. The minimum absolute atomic E-state index is 0.168. The van der Waals surface area contributed by atoms with E-state index in [0.717, 1.165) is 22.6 Å². The molecule has 0 unspecified atom stereocenters. The quantitative estimate of drug-likeness (QED) is 0.775. The lowest BCUT2D eigenvalue weighted by Crippen LogP contribution is -2.21. The van der Waals surface area contributed by atoms with Gasteiger partial charge in [0, 0.05) is 17.0 Å². The molecule has 6 nitrogen and oxygen atoms in total. The van der Waals surface area contributed by atoms with Crippen molar-refractivity contribution in [3.63, 3.8) is 0 Å². The summed E-state index contributed by atoms with van der Waals surface area (Å²) in [5.41, 5.74) is 3.54. The first-order valence-electron chi connectivity index (χ1n) is 7.47. The lowest BCUT2D eigenvalue weighted by molar-refractivity contribution is -0.144. The number of aryl methyl sites for hydroxylation is 3. The van der Waals surface area contributed by atoms with Crippen molar-refractivity contribution >= 4 is 29.3 Å². The van der Waals surface area contributed by atoms with E-state index in [-0.39, 0.29) is 18.3 Å². The Morgan fingerprint density at radius 2 is 2.08 bits per heavy atom. The van der Waals surface area contributed by atoms with E-state index in [4.69, 9.17) is 9.26 Å². The number of ether oxygens (including phenoxy) is 1. The molecule has 24 heavy (non-hydrogen) atoms. The summed E-state index contributed by atoms with van der Waals surface area (Å²) >= 11 is 1.40. The molecule has 2 rings (SSSR count). The first-order valence-corrected chi connectivity index (χ1v) is 8.63. The van der Waals surface area contributed by atoms with Gasteiger partial charge in [0.25, 0.3) is 5.91 Å². The number of nitrogens with zero attached hydrogens (tertiary/aromatic N) is 1. The molecule has 1 heterocycles. The highest BCUT2D eigenvalue weighted by molar-refractivity contribution is 7.99. The summed E-state index contributed by atoms with van der Waals surface area (Å²) in [7, 11) is 0. The molecule has 0 bridgehead atoms. The molecule has 2 aromatic rings. The van der Waals surface area contributed by atoms with E-state index >= 15 is 0 Å². The van der Waals surface area contributed by atoms with Gasteiger partial charge in [0.05, 0.1) is 11.4 Å². The molecule has 7 heteroatoms. The number of benzene rings is 1. The Hall–Kier alpha value is -2.28. The molecule has 0 spiro atoms. The van der Waals surface area contributed by atoms with Crippen LogP contribution in [-0.4, -0.2) is 29.4 Å². The summed E-state index contributed by atoms with van der Waals surface area (Å²) < 4.78 is 10.0. The van der Waals surface area contributed by atoms with Crippen molar-refractivity contribution < 1.29 is 18.8 Å². The lowest BCUT2D eigenvalue weighted by Gasteiger charge is -2.07. The molecule has 1 aromatic carbocycles. The molecular weight excluding hydrogens is 328 g/mol. The van der Waals surface area contributed by atoms with Crippen LogP contribution >= 0.6 is 11.8 Å². The van der Waals surface area contributed by atoms with Gasteiger partial charge in [0.15, 0.2) is 6.61 Å². The van der Waals surface area contributed by atoms with Crippen molar-refractivity contribution in [1.82, 2.24) is 5.16 Å². The molecule has 1 aromatic heterocycles. The molecular formula is C17H20N2O4S. The van der Waals surface area contributed by atoms with Crippen LogP contribution in [0.25, 0.3) is 0 Å². The van der Waals surface area contributed by atoms with Gasteiger partial charge in [0.1, 0.15) is 5.76 Å². The van der Waals surface area contributed by atoms with Crippen LogP contribution in [0.2, 0.25) is 0 Å². The van der Waals surface area contributed by atoms with Crippen LogP contribution in [0.15, 0.2) is 28.8 Å². The molecule has 0 saturated carbocycles. The maximum Gasteiger partial charge on any atom is 0.316 e. The zero-order valence-electron chi connectivity index (χ0n) is 13.9. The Balaban J connectivity index is 1.68. The zero-order chi connectivity index (χ0) is 17.5. The third kappa shape index (κ3) is 5.42. The number of esters is 1. The smallest absolute Gasteiger partial charge is 0.316 e. The number of aromatic nitrogens is 1. The van der Waals surface area contributed by atoms with Gasteiger partial charge in [-0.2, -0.15) is 0 Å². The number of hydrogen-bond donors (Lipinski definition) is 1. The summed E-state index contributed by atoms with van der Waals surface area (Å²) in [6.07, 6.45) is 0. The Kier molecular flexibility index (Phi) is 6.43. The van der Waals surface area contributed by atoms with Gasteiger partial charge in [-0.05, 0) is 38.5 Å². The largest absolute Gasteiger partial charge is 0.455 e. The predicted molar refractivity (Wildman–Crippen MR) is 92.9 cm³/mol. The molecule has 0 atom stereocenters. The van der Waals surface area contributed by atoms with Crippen molar-refractivity contribution in [2.45, 2.75) is 26.5 Å². The summed E-state index contributed by atoms with van der Waals surface area (Å²) in [4.78, 5) is 23.5. The lowest BCUT2D eigenvalue weighted by atomic mass is 10.2. The molecule has 0 saturated heterocycles. The van der Waals surface area contributed by atoms with Crippen LogP contribution in [0.1, 0.15) is 22.6 Å². The second kappa shape index (κ2) is 8.54. The van der Waals surface area contributed by atoms with E-state index in [0.29, 0.717) is 11.4 Å². The molecule has 0 fully saturated rings. The van der Waals surface area contributed by atoms with Crippen molar-refractivity contribution in [2.24, 2.45) is 0 Å². The molecule has 0 aliphatic rings. The fourth-order valence-electron chi connectivity index (χ4n) is 2.05. The second-order valence-corrected chi connectivity index (χ2v) is 6.36. The first kappa shape index (κ1) is 18.1. The standard InChI is InChI=1S/C17H20N2O4S/c1-11-5-4-6-14(7-11)18-16(20)8-22-17(21)10-24-9-15-12(2)19-23-13(15)3/h4-7H,8-10H2,1-3H3,(H,18,20). The van der Waals surface area contributed by atoms with Gasteiger partial charge < -0.3 is 14.6 Å². The topological polar surface area (TPSA) is 81.4 Å². The highest BCUT2D eigenvalue weighted by atomic mass is 32.2. The summed E-state index contributed by atoms with van der Waals surface area (Å²) in [5.74, 6) is 0.759. The Labute approximate surface area is 144 Å². The molecule has 0 aliphatic carbocycles. The normalized spacial score (nSPS) is 10.5. The van der Waals surface area contributed by atoms with E-state index in [1.165, 1.54) is 11.8 Å². The molecule has 128 valence electrons. The van der Waals surface area contributed by atoms with Gasteiger partial charge in [-0.1, -0.05) is 17.3 Å². The maximum absolute atomic E-state index is 11.8. The van der Waals surface area contributed by atoms with Crippen LogP contribution in [0.3, 0.4) is 0 Å². The van der Waals surface area contributed by atoms with E-state index in [9.17, 15) is 9.59 Å². The number of carbonyl (C=O) groups excluding carboxylic acids is 2. The molecule has 0 aliphatic heterocycles. The zero-order valence-corrected chi connectivity index (χ0v) is 14.7. The SMILES string of the molecule is Cc1cccc(NC(=O)COC(=O)CSCc2c(C)noc2C)c1. The number of thioether (sulfide) groups is 1. The highest BCUT2D eigenvalue weighted by Crippen LogP contribution is 2.19. The first-order chi connectivity index (χ1) is 11.5. The number of nitrogens with one attached hydrogen (secondary N) is 1. The van der Waals surface area contributed by atoms with E-state index in [1.807, 2.05) is 39.0 Å². The number of amides is 1. The minimum atomic E-state index is -0.425. The van der Waals surface area contributed by atoms with Gasteiger partial charge in [0.2, 0.25) is 0 Å². The molecule has 0 radical (unpaired) electrons.